The molecule has 0 saturated heterocycles. The molecule has 0 saturated carbocycles. The summed E-state index contributed by atoms with van der Waals surface area (Å²) in [6, 6.07) is 14.5. The lowest BCUT2D eigenvalue weighted by Gasteiger charge is -2.10. The smallest absolute Gasteiger partial charge is 0.267 e. The zero-order chi connectivity index (χ0) is 18.9. The fraction of sp³-hybridized carbons (Fsp3) is 0.111. The number of hydrogen-bond acceptors (Lipinski definition) is 4. The summed E-state index contributed by atoms with van der Waals surface area (Å²) in [6.07, 6.45) is 2.32. The Morgan fingerprint density at radius 3 is 2.23 bits per heavy atom. The van der Waals surface area contributed by atoms with Crippen LogP contribution in [0.25, 0.3) is 0 Å². The van der Waals surface area contributed by atoms with Crippen molar-refractivity contribution in [3.63, 3.8) is 0 Å². The van der Waals surface area contributed by atoms with Gasteiger partial charge in [0.15, 0.2) is 0 Å². The van der Waals surface area contributed by atoms with Gasteiger partial charge in [0.25, 0.3) is 20.0 Å². The summed E-state index contributed by atoms with van der Waals surface area (Å²) in [5.41, 5.74) is 2.15. The van der Waals surface area contributed by atoms with Gasteiger partial charge in [0.05, 0.1) is 10.6 Å². The highest BCUT2D eigenvalue weighted by Crippen LogP contribution is 2.22. The number of anilines is 1. The molecule has 0 amide bonds. The maximum absolute atomic E-state index is 12.6. The number of aryl methyl sites for hydroxylation is 2. The Hall–Kier alpha value is -2.58. The first-order valence-corrected chi connectivity index (χ1v) is 10.7. The Bertz CT molecular complexity index is 1150. The Labute approximate surface area is 153 Å². The second kappa shape index (κ2) is 6.62. The molecule has 0 aliphatic rings. The quantitative estimate of drug-likeness (QED) is 0.725. The highest BCUT2D eigenvalue weighted by Gasteiger charge is 2.21. The van der Waals surface area contributed by atoms with Crippen molar-refractivity contribution in [2.45, 2.75) is 23.6 Å². The lowest BCUT2D eigenvalue weighted by Crippen LogP contribution is -2.14. The third-order valence-electron chi connectivity index (χ3n) is 3.91. The van der Waals surface area contributed by atoms with Crippen LogP contribution in [0.15, 0.2) is 76.8 Å². The van der Waals surface area contributed by atoms with Crippen molar-refractivity contribution in [1.29, 1.82) is 0 Å². The van der Waals surface area contributed by atoms with Crippen molar-refractivity contribution in [2.24, 2.45) is 0 Å². The van der Waals surface area contributed by atoms with Crippen LogP contribution in [0.5, 0.6) is 0 Å². The summed E-state index contributed by atoms with van der Waals surface area (Å²) in [6.45, 7) is 3.66. The van der Waals surface area contributed by atoms with Crippen LogP contribution < -0.4 is 4.72 Å². The first-order valence-electron chi connectivity index (χ1n) is 7.79. The molecule has 1 heterocycles. The number of hydrogen-bond donors (Lipinski definition) is 1. The van der Waals surface area contributed by atoms with E-state index in [0.29, 0.717) is 5.69 Å². The molecule has 0 atom stereocenters. The van der Waals surface area contributed by atoms with Crippen molar-refractivity contribution >= 4 is 25.7 Å². The molecule has 2 aromatic carbocycles. The average molecular weight is 390 g/mol. The van der Waals surface area contributed by atoms with Crippen LogP contribution in [-0.2, 0) is 20.0 Å². The monoisotopic (exact) mass is 390 g/mol. The fourth-order valence-corrected chi connectivity index (χ4v) is 4.83. The van der Waals surface area contributed by atoms with Gasteiger partial charge in [0, 0.05) is 12.4 Å². The minimum absolute atomic E-state index is 0.0852. The van der Waals surface area contributed by atoms with Crippen molar-refractivity contribution < 1.29 is 16.8 Å². The summed E-state index contributed by atoms with van der Waals surface area (Å²) in [5.74, 6) is 0. The number of aromatic nitrogens is 1. The molecule has 6 nitrogen and oxygen atoms in total. The zero-order valence-corrected chi connectivity index (χ0v) is 15.9. The summed E-state index contributed by atoms with van der Waals surface area (Å²) in [7, 11) is -7.75. The van der Waals surface area contributed by atoms with Crippen LogP contribution in [-0.4, -0.2) is 20.8 Å². The average Bonchev–Trinajstić information content (AvgIpc) is 3.11. The highest BCUT2D eigenvalue weighted by atomic mass is 32.2. The van der Waals surface area contributed by atoms with Crippen LogP contribution in [0.1, 0.15) is 11.1 Å². The van der Waals surface area contributed by atoms with E-state index in [0.717, 1.165) is 21.3 Å². The first kappa shape index (κ1) is 18.2. The van der Waals surface area contributed by atoms with E-state index in [9.17, 15) is 16.8 Å². The molecule has 0 radical (unpaired) electrons. The van der Waals surface area contributed by atoms with E-state index in [2.05, 4.69) is 4.72 Å². The van der Waals surface area contributed by atoms with E-state index in [1.807, 2.05) is 19.1 Å². The van der Waals surface area contributed by atoms with Gasteiger partial charge in [-0.15, -0.1) is 0 Å². The lowest BCUT2D eigenvalue weighted by molar-refractivity contribution is 0.587. The third kappa shape index (κ3) is 3.51. The molecule has 136 valence electrons. The molecule has 0 aliphatic heterocycles. The van der Waals surface area contributed by atoms with E-state index >= 15 is 0 Å². The topological polar surface area (TPSA) is 85.2 Å². The number of nitrogens with one attached hydrogen (secondary N) is 1. The van der Waals surface area contributed by atoms with E-state index < -0.39 is 20.0 Å². The predicted octanol–water partition coefficient (Wildman–Crippen LogP) is 3.14. The van der Waals surface area contributed by atoms with Gasteiger partial charge in [-0.2, -0.15) is 0 Å². The number of sulfonamides is 1. The van der Waals surface area contributed by atoms with Crippen LogP contribution in [0.3, 0.4) is 0 Å². The van der Waals surface area contributed by atoms with Crippen LogP contribution in [0, 0.1) is 13.8 Å². The van der Waals surface area contributed by atoms with Crippen molar-refractivity contribution in [3.8, 4) is 0 Å². The Morgan fingerprint density at radius 1 is 0.846 bits per heavy atom. The molecule has 3 aromatic rings. The summed E-state index contributed by atoms with van der Waals surface area (Å²) < 4.78 is 53.8. The summed E-state index contributed by atoms with van der Waals surface area (Å²) >= 11 is 0. The van der Waals surface area contributed by atoms with E-state index in [1.165, 1.54) is 24.4 Å². The Kier molecular flexibility index (Phi) is 4.64. The Morgan fingerprint density at radius 2 is 1.54 bits per heavy atom. The normalized spacial score (nSPS) is 12.1. The fourth-order valence-electron chi connectivity index (χ4n) is 2.43. The molecular weight excluding hydrogens is 372 g/mol. The molecule has 1 aromatic heterocycles. The highest BCUT2D eigenvalue weighted by molar-refractivity contribution is 7.93. The van der Waals surface area contributed by atoms with Gasteiger partial charge in [-0.25, -0.2) is 20.8 Å². The molecule has 0 spiro atoms. The molecule has 8 heteroatoms. The second-order valence-electron chi connectivity index (χ2n) is 5.92. The predicted molar refractivity (Wildman–Crippen MR) is 100 cm³/mol. The van der Waals surface area contributed by atoms with Gasteiger partial charge in [0.1, 0.15) is 4.90 Å². The largest absolute Gasteiger partial charge is 0.279 e. The van der Waals surface area contributed by atoms with Gasteiger partial charge in [-0.3, -0.25) is 4.72 Å². The SMILES string of the molecule is Cc1ccc(C)c(NS(=O)(=O)c2ccn(S(=O)(=O)c3ccccc3)c2)c1. The number of rotatable bonds is 5. The maximum Gasteiger partial charge on any atom is 0.267 e. The van der Waals surface area contributed by atoms with E-state index in [1.54, 1.807) is 31.2 Å². The molecule has 1 N–H and O–H groups in total. The van der Waals surface area contributed by atoms with E-state index in [-0.39, 0.29) is 9.79 Å². The van der Waals surface area contributed by atoms with Crippen LogP contribution in [0.4, 0.5) is 5.69 Å². The number of nitrogens with zero attached hydrogens (tertiary/aromatic N) is 1. The second-order valence-corrected chi connectivity index (χ2v) is 9.44. The van der Waals surface area contributed by atoms with Crippen molar-refractivity contribution in [2.75, 3.05) is 4.72 Å². The van der Waals surface area contributed by atoms with Crippen molar-refractivity contribution in [3.05, 3.63) is 78.1 Å². The van der Waals surface area contributed by atoms with Gasteiger partial charge in [-0.1, -0.05) is 30.3 Å². The molecule has 0 aliphatic carbocycles. The van der Waals surface area contributed by atoms with Crippen molar-refractivity contribution in [1.82, 2.24) is 3.97 Å². The minimum atomic E-state index is -3.91. The van der Waals surface area contributed by atoms with Gasteiger partial charge in [-0.05, 0) is 49.2 Å². The van der Waals surface area contributed by atoms with Gasteiger partial charge in [0.2, 0.25) is 0 Å². The molecular formula is C18H18N2O4S2. The molecule has 26 heavy (non-hydrogen) atoms. The third-order valence-corrected chi connectivity index (χ3v) is 6.91. The standard InChI is InChI=1S/C18H18N2O4S2/c1-14-8-9-15(2)18(12-14)19-25(21,22)17-10-11-20(13-17)26(23,24)16-6-4-3-5-7-16/h3-13,19H,1-2H3. The van der Waals surface area contributed by atoms with Gasteiger partial charge < -0.3 is 0 Å². The summed E-state index contributed by atoms with van der Waals surface area (Å²) in [5, 5.41) is 0. The number of benzene rings is 2. The van der Waals surface area contributed by atoms with Gasteiger partial charge >= 0.3 is 0 Å². The molecule has 3 rings (SSSR count). The molecule has 0 unspecified atom stereocenters. The molecule has 0 bridgehead atoms. The first-order chi connectivity index (χ1) is 12.2. The van der Waals surface area contributed by atoms with Crippen LogP contribution >= 0.6 is 0 Å². The zero-order valence-electron chi connectivity index (χ0n) is 14.2. The van der Waals surface area contributed by atoms with E-state index in [4.69, 9.17) is 0 Å². The minimum Gasteiger partial charge on any atom is -0.279 e. The maximum atomic E-state index is 12.6. The van der Waals surface area contributed by atoms with Crippen LogP contribution in [0.2, 0.25) is 0 Å². The summed E-state index contributed by atoms with van der Waals surface area (Å²) in [4.78, 5) is -0.0417. The Balaban J connectivity index is 1.95. The molecule has 0 fully saturated rings. The lowest BCUT2D eigenvalue weighted by atomic mass is 10.1.